The lowest BCUT2D eigenvalue weighted by Gasteiger charge is -2.23. The highest BCUT2D eigenvalue weighted by atomic mass is 15.3. The first kappa shape index (κ1) is 15.2. The van der Waals surface area contributed by atoms with Gasteiger partial charge in [0.2, 0.25) is 0 Å². The maximum absolute atomic E-state index is 4.99. The van der Waals surface area contributed by atoms with Gasteiger partial charge >= 0.3 is 0 Å². The number of aromatic nitrogens is 3. The summed E-state index contributed by atoms with van der Waals surface area (Å²) in [6.07, 6.45) is 4.45. The average Bonchev–Trinajstić information content (AvgIpc) is 3.23. The van der Waals surface area contributed by atoms with Crippen molar-refractivity contribution in [3.05, 3.63) is 48.3 Å². The molecule has 1 aromatic carbocycles. The first-order valence-corrected chi connectivity index (χ1v) is 8.74. The predicted octanol–water partition coefficient (Wildman–Crippen LogP) is 4.29. The van der Waals surface area contributed by atoms with Crippen LogP contribution in [0, 0.1) is 0 Å². The molecule has 3 heterocycles. The summed E-state index contributed by atoms with van der Waals surface area (Å²) in [6, 6.07) is 12.6. The Kier molecular flexibility index (Phi) is 3.56. The van der Waals surface area contributed by atoms with E-state index in [9.17, 15) is 0 Å². The molecule has 4 heteroatoms. The highest BCUT2D eigenvalue weighted by Gasteiger charge is 2.24. The normalized spacial score (nSPS) is 15.4. The van der Waals surface area contributed by atoms with Gasteiger partial charge in [0.25, 0.3) is 0 Å². The first-order chi connectivity index (χ1) is 11.5. The molecule has 1 saturated heterocycles. The topological polar surface area (TPSA) is 33.4 Å². The summed E-state index contributed by atoms with van der Waals surface area (Å²) in [5.74, 6) is 1.17. The highest BCUT2D eigenvalue weighted by molar-refractivity contribution is 5.78. The van der Waals surface area contributed by atoms with Crippen LogP contribution in [0.5, 0.6) is 0 Å². The van der Waals surface area contributed by atoms with Crippen molar-refractivity contribution in [2.45, 2.75) is 39.0 Å². The molecule has 0 atom stereocenters. The van der Waals surface area contributed by atoms with Crippen molar-refractivity contribution in [2.75, 3.05) is 18.0 Å². The number of rotatable bonds is 2. The summed E-state index contributed by atoms with van der Waals surface area (Å²) in [4.78, 5) is 7.42. The van der Waals surface area contributed by atoms with Crippen molar-refractivity contribution >= 4 is 11.5 Å². The van der Waals surface area contributed by atoms with E-state index in [2.05, 4.69) is 61.1 Å². The van der Waals surface area contributed by atoms with Gasteiger partial charge in [0, 0.05) is 30.1 Å². The minimum atomic E-state index is 0.00839. The van der Waals surface area contributed by atoms with Gasteiger partial charge in [-0.25, -0.2) is 4.98 Å². The summed E-state index contributed by atoms with van der Waals surface area (Å²) < 4.78 is 2.02. The van der Waals surface area contributed by atoms with Gasteiger partial charge in [-0.15, -0.1) is 0 Å². The van der Waals surface area contributed by atoms with Crippen LogP contribution in [0.3, 0.4) is 0 Å². The number of hydrogen-bond acceptors (Lipinski definition) is 3. The molecular weight excluding hydrogens is 296 g/mol. The van der Waals surface area contributed by atoms with E-state index in [1.165, 1.54) is 24.2 Å². The van der Waals surface area contributed by atoms with E-state index in [-0.39, 0.29) is 5.41 Å². The van der Waals surface area contributed by atoms with Crippen LogP contribution < -0.4 is 4.90 Å². The number of nitrogens with zero attached hydrogens (tertiary/aromatic N) is 4. The van der Waals surface area contributed by atoms with Crippen molar-refractivity contribution in [3.63, 3.8) is 0 Å². The molecule has 1 fully saturated rings. The van der Waals surface area contributed by atoms with E-state index in [0.29, 0.717) is 0 Å². The lowest BCUT2D eigenvalue weighted by Crippen LogP contribution is -2.23. The summed E-state index contributed by atoms with van der Waals surface area (Å²) in [6.45, 7) is 8.86. The van der Waals surface area contributed by atoms with E-state index in [4.69, 9.17) is 4.98 Å². The zero-order chi connectivity index (χ0) is 16.7. The summed E-state index contributed by atoms with van der Waals surface area (Å²) in [5.41, 5.74) is 4.35. The Bertz CT molecular complexity index is 852. The molecule has 0 saturated carbocycles. The van der Waals surface area contributed by atoms with Crippen molar-refractivity contribution < 1.29 is 0 Å². The Hall–Kier alpha value is -2.36. The molecule has 0 amide bonds. The van der Waals surface area contributed by atoms with Gasteiger partial charge in [-0.05, 0) is 18.4 Å². The fourth-order valence-corrected chi connectivity index (χ4v) is 3.32. The molecule has 0 radical (unpaired) electrons. The highest BCUT2D eigenvalue weighted by Crippen LogP contribution is 2.31. The lowest BCUT2D eigenvalue weighted by molar-refractivity contribution is 0.568. The van der Waals surface area contributed by atoms with Gasteiger partial charge in [-0.3, -0.25) is 0 Å². The van der Waals surface area contributed by atoms with E-state index in [1.807, 2.05) is 16.8 Å². The molecule has 124 valence electrons. The third-order valence-electron chi connectivity index (χ3n) is 4.74. The molecule has 0 N–H and O–H groups in total. The summed E-state index contributed by atoms with van der Waals surface area (Å²) in [7, 11) is 0. The zero-order valence-corrected chi connectivity index (χ0v) is 14.7. The Morgan fingerprint density at radius 2 is 1.71 bits per heavy atom. The number of anilines is 1. The summed E-state index contributed by atoms with van der Waals surface area (Å²) >= 11 is 0. The second-order valence-corrected chi connectivity index (χ2v) is 7.60. The molecule has 4 nitrogen and oxygen atoms in total. The van der Waals surface area contributed by atoms with Crippen LogP contribution >= 0.6 is 0 Å². The first-order valence-electron chi connectivity index (χ1n) is 8.74. The molecule has 1 aliphatic rings. The molecule has 0 spiro atoms. The Morgan fingerprint density at radius 3 is 2.38 bits per heavy atom. The molecular formula is C20H24N4. The molecule has 4 rings (SSSR count). The quantitative estimate of drug-likeness (QED) is 0.706. The van der Waals surface area contributed by atoms with Crippen LogP contribution in [0.1, 0.15) is 39.3 Å². The number of hydrogen-bond donors (Lipinski definition) is 0. The van der Waals surface area contributed by atoms with Crippen LogP contribution in [0.15, 0.2) is 42.6 Å². The van der Waals surface area contributed by atoms with Gasteiger partial charge in [0.05, 0.1) is 11.9 Å². The van der Waals surface area contributed by atoms with Gasteiger partial charge < -0.3 is 4.90 Å². The third kappa shape index (κ3) is 2.56. The van der Waals surface area contributed by atoms with Gasteiger partial charge in [0.15, 0.2) is 5.65 Å². The predicted molar refractivity (Wildman–Crippen MR) is 98.6 cm³/mol. The Morgan fingerprint density at radius 1 is 1.00 bits per heavy atom. The van der Waals surface area contributed by atoms with Crippen LogP contribution in [0.2, 0.25) is 0 Å². The Labute approximate surface area is 143 Å². The number of fused-ring (bicyclic) bond motifs is 1. The van der Waals surface area contributed by atoms with Crippen molar-refractivity contribution in [3.8, 4) is 11.1 Å². The SMILES string of the molecule is CC(C)(C)c1cc(N2CCCC2)n2ncc(-c3ccccc3)c2n1. The molecule has 3 aromatic rings. The lowest BCUT2D eigenvalue weighted by atomic mass is 9.92. The second-order valence-electron chi connectivity index (χ2n) is 7.60. The smallest absolute Gasteiger partial charge is 0.165 e. The van der Waals surface area contributed by atoms with E-state index in [1.54, 1.807) is 0 Å². The maximum atomic E-state index is 4.99. The zero-order valence-electron chi connectivity index (χ0n) is 14.7. The second kappa shape index (κ2) is 5.62. The molecule has 0 unspecified atom stereocenters. The monoisotopic (exact) mass is 320 g/mol. The Balaban J connectivity index is 1.96. The standard InChI is InChI=1S/C20H24N4/c1-20(2,3)17-13-18(23-11-7-8-12-23)24-19(22-17)16(14-21-24)15-9-5-4-6-10-15/h4-6,9-10,13-14H,7-8,11-12H2,1-3H3. The van der Waals surface area contributed by atoms with Crippen LogP contribution in [-0.4, -0.2) is 27.7 Å². The van der Waals surface area contributed by atoms with Crippen molar-refractivity contribution in [1.29, 1.82) is 0 Å². The fraction of sp³-hybridized carbons (Fsp3) is 0.400. The third-order valence-corrected chi connectivity index (χ3v) is 4.74. The maximum Gasteiger partial charge on any atom is 0.165 e. The van der Waals surface area contributed by atoms with E-state index in [0.717, 1.165) is 30.0 Å². The van der Waals surface area contributed by atoms with Crippen LogP contribution in [0.4, 0.5) is 5.82 Å². The fourth-order valence-electron chi connectivity index (χ4n) is 3.32. The largest absolute Gasteiger partial charge is 0.356 e. The van der Waals surface area contributed by atoms with Crippen molar-refractivity contribution in [2.24, 2.45) is 0 Å². The molecule has 0 bridgehead atoms. The minimum absolute atomic E-state index is 0.00839. The molecule has 24 heavy (non-hydrogen) atoms. The van der Waals surface area contributed by atoms with E-state index >= 15 is 0 Å². The van der Waals surface area contributed by atoms with Gasteiger partial charge in [0.1, 0.15) is 5.82 Å². The summed E-state index contributed by atoms with van der Waals surface area (Å²) in [5, 5.41) is 4.68. The average molecular weight is 320 g/mol. The van der Waals surface area contributed by atoms with E-state index < -0.39 is 0 Å². The molecule has 0 aliphatic carbocycles. The molecule has 2 aromatic heterocycles. The number of benzene rings is 1. The van der Waals surface area contributed by atoms with Crippen molar-refractivity contribution in [1.82, 2.24) is 14.6 Å². The van der Waals surface area contributed by atoms with Gasteiger partial charge in [-0.1, -0.05) is 51.1 Å². The molecule has 1 aliphatic heterocycles. The van der Waals surface area contributed by atoms with Crippen LogP contribution in [0.25, 0.3) is 16.8 Å². The van der Waals surface area contributed by atoms with Gasteiger partial charge in [-0.2, -0.15) is 9.61 Å². The minimum Gasteiger partial charge on any atom is -0.356 e. The van der Waals surface area contributed by atoms with Crippen LogP contribution in [-0.2, 0) is 5.41 Å².